The predicted octanol–water partition coefficient (Wildman–Crippen LogP) is 5.60. The topological polar surface area (TPSA) is 103 Å². The molecule has 0 atom stereocenters. The first kappa shape index (κ1) is 22.6. The van der Waals surface area contributed by atoms with Gasteiger partial charge in [0.1, 0.15) is 5.58 Å². The Balaban J connectivity index is 1.58. The van der Waals surface area contributed by atoms with E-state index in [-0.39, 0.29) is 39.4 Å². The second-order valence-corrected chi connectivity index (χ2v) is 7.78. The molecule has 0 spiro atoms. The number of carbonyl (C=O) groups excluding carboxylic acids is 2. The van der Waals surface area contributed by atoms with E-state index in [1.807, 2.05) is 0 Å². The minimum Gasteiger partial charge on any atom is -0.502 e. The number of ether oxygens (including phenoxy) is 2. The molecule has 176 valence electrons. The average Bonchev–Trinajstić information content (AvgIpc) is 2.92. The Morgan fingerprint density at radius 2 is 1.22 bits per heavy atom. The van der Waals surface area contributed by atoms with Crippen molar-refractivity contribution >= 4 is 22.9 Å². The first-order chi connectivity index (χ1) is 17.5. The lowest BCUT2D eigenvalue weighted by Crippen LogP contribution is -2.12. The van der Waals surface area contributed by atoms with Crippen LogP contribution in [0.5, 0.6) is 17.2 Å². The summed E-state index contributed by atoms with van der Waals surface area (Å²) in [4.78, 5) is 38.1. The summed E-state index contributed by atoms with van der Waals surface area (Å²) in [5, 5.41) is 10.8. The number of carbonyl (C=O) groups is 2. The van der Waals surface area contributed by atoms with Crippen molar-refractivity contribution in [2.45, 2.75) is 0 Å². The molecule has 0 aliphatic rings. The second kappa shape index (κ2) is 9.60. The van der Waals surface area contributed by atoms with Crippen molar-refractivity contribution in [1.29, 1.82) is 0 Å². The van der Waals surface area contributed by atoms with E-state index in [1.165, 1.54) is 18.2 Å². The standard InChI is InChI=1S/C29H18O7/c30-25-21-13-7-8-14-22(21)34-27(26(25)31)20-15-16-23(35-28(32)18-9-3-1-4-10-18)24(17-20)36-29(33)19-11-5-2-6-12-19/h1-17,31H. The lowest BCUT2D eigenvalue weighted by molar-refractivity contribution is 0.0682. The van der Waals surface area contributed by atoms with E-state index in [9.17, 15) is 19.5 Å². The van der Waals surface area contributed by atoms with Gasteiger partial charge in [-0.05, 0) is 54.6 Å². The molecule has 5 aromatic rings. The molecule has 0 fully saturated rings. The zero-order chi connectivity index (χ0) is 25.1. The van der Waals surface area contributed by atoms with Crippen LogP contribution in [0.25, 0.3) is 22.3 Å². The second-order valence-electron chi connectivity index (χ2n) is 7.78. The molecule has 4 aromatic carbocycles. The van der Waals surface area contributed by atoms with E-state index in [2.05, 4.69) is 0 Å². The molecule has 5 rings (SSSR count). The van der Waals surface area contributed by atoms with Gasteiger partial charge in [-0.15, -0.1) is 0 Å². The van der Waals surface area contributed by atoms with Gasteiger partial charge in [0, 0.05) is 5.56 Å². The molecule has 36 heavy (non-hydrogen) atoms. The van der Waals surface area contributed by atoms with Gasteiger partial charge in [0.2, 0.25) is 11.2 Å². The quantitative estimate of drug-likeness (QED) is 0.259. The van der Waals surface area contributed by atoms with Gasteiger partial charge < -0.3 is 19.0 Å². The number of rotatable bonds is 5. The minimum absolute atomic E-state index is 0.0282. The van der Waals surface area contributed by atoms with Crippen LogP contribution in [0.4, 0.5) is 0 Å². The predicted molar refractivity (Wildman–Crippen MR) is 132 cm³/mol. The molecule has 1 heterocycles. The number of benzene rings is 4. The molecule has 7 heteroatoms. The van der Waals surface area contributed by atoms with Crippen molar-refractivity contribution in [2.75, 3.05) is 0 Å². The maximum absolute atomic E-state index is 12.8. The molecule has 7 nitrogen and oxygen atoms in total. The van der Waals surface area contributed by atoms with Crippen molar-refractivity contribution < 1.29 is 28.6 Å². The number of hydrogen-bond donors (Lipinski definition) is 1. The Labute approximate surface area is 204 Å². The number of para-hydroxylation sites is 1. The first-order valence-electron chi connectivity index (χ1n) is 10.9. The van der Waals surface area contributed by atoms with Crippen LogP contribution in [0.2, 0.25) is 0 Å². The summed E-state index contributed by atoms with van der Waals surface area (Å²) >= 11 is 0. The van der Waals surface area contributed by atoms with Gasteiger partial charge in [-0.3, -0.25) is 4.79 Å². The molecular weight excluding hydrogens is 460 g/mol. The summed E-state index contributed by atoms with van der Waals surface area (Å²) in [7, 11) is 0. The van der Waals surface area contributed by atoms with Gasteiger partial charge in [0.15, 0.2) is 17.3 Å². The van der Waals surface area contributed by atoms with Crippen molar-refractivity contribution in [3.8, 4) is 28.6 Å². The molecule has 0 bridgehead atoms. The lowest BCUT2D eigenvalue weighted by Gasteiger charge is -2.13. The van der Waals surface area contributed by atoms with E-state index in [4.69, 9.17) is 13.9 Å². The highest BCUT2D eigenvalue weighted by atomic mass is 16.6. The van der Waals surface area contributed by atoms with Crippen LogP contribution in [0.15, 0.2) is 112 Å². The van der Waals surface area contributed by atoms with E-state index in [1.54, 1.807) is 84.9 Å². The number of esters is 2. The Hall–Kier alpha value is -5.17. The van der Waals surface area contributed by atoms with Gasteiger partial charge in [0.05, 0.1) is 16.5 Å². The molecule has 0 unspecified atom stereocenters. The summed E-state index contributed by atoms with van der Waals surface area (Å²) in [6.45, 7) is 0. The minimum atomic E-state index is -0.686. The third kappa shape index (κ3) is 4.45. The van der Waals surface area contributed by atoms with E-state index >= 15 is 0 Å². The van der Waals surface area contributed by atoms with E-state index < -0.39 is 23.1 Å². The normalized spacial score (nSPS) is 10.7. The van der Waals surface area contributed by atoms with Crippen LogP contribution >= 0.6 is 0 Å². The average molecular weight is 478 g/mol. The Morgan fingerprint density at radius 3 is 1.86 bits per heavy atom. The highest BCUT2D eigenvalue weighted by molar-refractivity contribution is 5.93. The van der Waals surface area contributed by atoms with Gasteiger partial charge in [-0.2, -0.15) is 0 Å². The maximum atomic E-state index is 12.8. The summed E-state index contributed by atoms with van der Waals surface area (Å²) in [5.41, 5.74) is 0.501. The Kier molecular flexibility index (Phi) is 6.03. The van der Waals surface area contributed by atoms with Crippen LogP contribution in [-0.2, 0) is 0 Å². The molecule has 1 aromatic heterocycles. The monoisotopic (exact) mass is 478 g/mol. The van der Waals surface area contributed by atoms with Crippen LogP contribution < -0.4 is 14.9 Å². The molecular formula is C29H18O7. The van der Waals surface area contributed by atoms with Crippen molar-refractivity contribution in [1.82, 2.24) is 0 Å². The number of aromatic hydroxyl groups is 1. The van der Waals surface area contributed by atoms with Gasteiger partial charge in [-0.1, -0.05) is 48.5 Å². The molecule has 0 amide bonds. The first-order valence-corrected chi connectivity index (χ1v) is 10.9. The lowest BCUT2D eigenvalue weighted by atomic mass is 10.1. The molecule has 0 saturated carbocycles. The summed E-state index contributed by atoms with van der Waals surface area (Å²) in [6.07, 6.45) is 0. The molecule has 0 aliphatic carbocycles. The van der Waals surface area contributed by atoms with Crippen molar-refractivity contribution in [3.63, 3.8) is 0 Å². The highest BCUT2D eigenvalue weighted by Gasteiger charge is 2.21. The molecule has 0 radical (unpaired) electrons. The largest absolute Gasteiger partial charge is 0.502 e. The van der Waals surface area contributed by atoms with E-state index in [0.29, 0.717) is 5.56 Å². The fourth-order valence-electron chi connectivity index (χ4n) is 3.61. The summed E-state index contributed by atoms with van der Waals surface area (Å²) < 4.78 is 16.9. The zero-order valence-electron chi connectivity index (χ0n) is 18.7. The third-order valence-electron chi connectivity index (χ3n) is 5.40. The van der Waals surface area contributed by atoms with Crippen molar-refractivity contribution in [3.05, 3.63) is 124 Å². The van der Waals surface area contributed by atoms with Crippen LogP contribution in [0, 0.1) is 0 Å². The van der Waals surface area contributed by atoms with Crippen molar-refractivity contribution in [2.24, 2.45) is 0 Å². The van der Waals surface area contributed by atoms with Crippen LogP contribution in [0.3, 0.4) is 0 Å². The fraction of sp³-hybridized carbons (Fsp3) is 0. The van der Waals surface area contributed by atoms with Gasteiger partial charge in [-0.25, -0.2) is 9.59 Å². The number of fused-ring (bicyclic) bond motifs is 1. The van der Waals surface area contributed by atoms with Crippen LogP contribution in [-0.4, -0.2) is 17.0 Å². The highest BCUT2D eigenvalue weighted by Crippen LogP contribution is 2.37. The molecule has 0 aliphatic heterocycles. The fourth-order valence-corrected chi connectivity index (χ4v) is 3.61. The third-order valence-corrected chi connectivity index (χ3v) is 5.40. The SMILES string of the molecule is O=C(Oc1ccc(-c2oc3ccccc3c(=O)c2O)cc1OC(=O)c1ccccc1)c1ccccc1. The Morgan fingerprint density at radius 1 is 0.667 bits per heavy atom. The van der Waals surface area contributed by atoms with Gasteiger partial charge >= 0.3 is 11.9 Å². The smallest absolute Gasteiger partial charge is 0.343 e. The summed E-state index contributed by atoms with van der Waals surface area (Å²) in [5.74, 6) is -2.17. The van der Waals surface area contributed by atoms with E-state index in [0.717, 1.165) is 0 Å². The summed E-state index contributed by atoms with van der Waals surface area (Å²) in [6, 6.07) is 27.4. The van der Waals surface area contributed by atoms with Gasteiger partial charge in [0.25, 0.3) is 0 Å². The zero-order valence-corrected chi connectivity index (χ0v) is 18.7. The molecule has 1 N–H and O–H groups in total. The van der Waals surface area contributed by atoms with Crippen LogP contribution in [0.1, 0.15) is 20.7 Å². The Bertz CT molecular complexity index is 1640. The molecule has 0 saturated heterocycles. The maximum Gasteiger partial charge on any atom is 0.343 e. The number of hydrogen-bond acceptors (Lipinski definition) is 7.